The lowest BCUT2D eigenvalue weighted by Crippen LogP contribution is -2.33. The summed E-state index contributed by atoms with van der Waals surface area (Å²) in [5.74, 6) is -1.16. The van der Waals surface area contributed by atoms with Crippen molar-refractivity contribution in [3.63, 3.8) is 0 Å². The number of aryl methyl sites for hydroxylation is 1. The van der Waals surface area contributed by atoms with E-state index in [0.29, 0.717) is 19.4 Å². The monoisotopic (exact) mass is 304 g/mol. The number of aromatic nitrogens is 1. The average molecular weight is 304 g/mol. The van der Waals surface area contributed by atoms with Crippen LogP contribution in [0.5, 0.6) is 0 Å². The summed E-state index contributed by atoms with van der Waals surface area (Å²) in [7, 11) is -3.78. The molecule has 0 radical (unpaired) electrons. The molecule has 7 nitrogen and oxygen atoms in total. The molecule has 0 aliphatic carbocycles. The topological polar surface area (TPSA) is 109 Å². The Bertz CT molecular complexity index is 564. The smallest absolute Gasteiger partial charge is 0.352 e. The van der Waals surface area contributed by atoms with E-state index in [-0.39, 0.29) is 17.2 Å². The van der Waals surface area contributed by atoms with Crippen molar-refractivity contribution in [3.8, 4) is 0 Å². The number of hydrogen-bond donors (Lipinski definition) is 3. The number of aromatic carboxylic acids is 1. The molecule has 0 saturated carbocycles. The van der Waals surface area contributed by atoms with Crippen LogP contribution < -0.4 is 4.72 Å². The summed E-state index contributed by atoms with van der Waals surface area (Å²) in [6.07, 6.45) is 2.31. The van der Waals surface area contributed by atoms with Gasteiger partial charge in [-0.05, 0) is 25.8 Å². The van der Waals surface area contributed by atoms with Crippen molar-refractivity contribution in [2.45, 2.75) is 44.2 Å². The maximum absolute atomic E-state index is 12.1. The number of carboxylic acids is 1. The van der Waals surface area contributed by atoms with Gasteiger partial charge in [-0.1, -0.05) is 6.92 Å². The van der Waals surface area contributed by atoms with E-state index in [1.807, 2.05) is 6.92 Å². The lowest BCUT2D eigenvalue weighted by Gasteiger charge is -2.11. The highest BCUT2D eigenvalue weighted by Crippen LogP contribution is 2.16. The first-order valence-corrected chi connectivity index (χ1v) is 7.86. The summed E-state index contributed by atoms with van der Waals surface area (Å²) < 4.78 is 28.0. The molecule has 1 aromatic rings. The maximum Gasteiger partial charge on any atom is 0.352 e. The fourth-order valence-corrected chi connectivity index (χ4v) is 3.14. The van der Waals surface area contributed by atoms with Gasteiger partial charge in [0.1, 0.15) is 10.6 Å². The molecule has 1 aromatic heterocycles. The Morgan fingerprint density at radius 1 is 1.50 bits per heavy atom. The standard InChI is InChI=1S/C12H20N2O5S/c1-3-5-14-8-10(7-11(14)12(16)17)20(18,19)13-9(2)4-6-15/h7-9,13,15H,3-6H2,1-2H3,(H,16,17). The third-order valence-corrected chi connectivity index (χ3v) is 4.34. The SMILES string of the molecule is CCCn1cc(S(=O)(=O)NC(C)CCO)cc1C(=O)O. The second kappa shape index (κ2) is 6.87. The molecule has 3 N–H and O–H groups in total. The van der Waals surface area contributed by atoms with Crippen LogP contribution in [-0.4, -0.2) is 41.8 Å². The van der Waals surface area contributed by atoms with Crippen LogP contribution in [0.3, 0.4) is 0 Å². The minimum Gasteiger partial charge on any atom is -0.477 e. The molecule has 114 valence electrons. The molecule has 0 aliphatic heterocycles. The fourth-order valence-electron chi connectivity index (χ4n) is 1.82. The van der Waals surface area contributed by atoms with Crippen LogP contribution in [0.15, 0.2) is 17.2 Å². The molecule has 1 unspecified atom stereocenters. The van der Waals surface area contributed by atoms with Crippen LogP contribution >= 0.6 is 0 Å². The van der Waals surface area contributed by atoms with E-state index in [2.05, 4.69) is 4.72 Å². The zero-order valence-corrected chi connectivity index (χ0v) is 12.4. The van der Waals surface area contributed by atoms with Crippen LogP contribution in [0.1, 0.15) is 37.2 Å². The number of carbonyl (C=O) groups is 1. The second-order valence-corrected chi connectivity index (χ2v) is 6.31. The quantitative estimate of drug-likeness (QED) is 0.653. The van der Waals surface area contributed by atoms with Crippen molar-refractivity contribution in [1.82, 2.24) is 9.29 Å². The highest BCUT2D eigenvalue weighted by atomic mass is 32.2. The van der Waals surface area contributed by atoms with Gasteiger partial charge in [0.2, 0.25) is 10.0 Å². The van der Waals surface area contributed by atoms with E-state index in [4.69, 9.17) is 10.2 Å². The second-order valence-electron chi connectivity index (χ2n) is 4.59. The van der Waals surface area contributed by atoms with Crippen LogP contribution in [0.2, 0.25) is 0 Å². The Labute approximate surface area is 118 Å². The zero-order chi connectivity index (χ0) is 15.3. The summed E-state index contributed by atoms with van der Waals surface area (Å²) in [6.45, 7) is 3.82. The molecule has 0 amide bonds. The van der Waals surface area contributed by atoms with Gasteiger partial charge in [0, 0.05) is 25.4 Å². The van der Waals surface area contributed by atoms with Crippen molar-refractivity contribution < 1.29 is 23.4 Å². The van der Waals surface area contributed by atoms with Gasteiger partial charge >= 0.3 is 5.97 Å². The highest BCUT2D eigenvalue weighted by molar-refractivity contribution is 7.89. The summed E-state index contributed by atoms with van der Waals surface area (Å²) >= 11 is 0. The number of aliphatic hydroxyl groups excluding tert-OH is 1. The number of sulfonamides is 1. The molecular weight excluding hydrogens is 284 g/mol. The lowest BCUT2D eigenvalue weighted by molar-refractivity contribution is 0.0685. The molecule has 0 fully saturated rings. The van der Waals surface area contributed by atoms with Gasteiger partial charge in [0.15, 0.2) is 0 Å². The molecule has 20 heavy (non-hydrogen) atoms. The molecule has 8 heteroatoms. The number of nitrogens with zero attached hydrogens (tertiary/aromatic N) is 1. The van der Waals surface area contributed by atoms with E-state index in [1.165, 1.54) is 10.8 Å². The normalized spacial score (nSPS) is 13.3. The van der Waals surface area contributed by atoms with E-state index in [0.717, 1.165) is 6.07 Å². The van der Waals surface area contributed by atoms with Gasteiger partial charge in [-0.15, -0.1) is 0 Å². The Kier molecular flexibility index (Phi) is 5.73. The van der Waals surface area contributed by atoms with E-state index >= 15 is 0 Å². The molecule has 0 spiro atoms. The van der Waals surface area contributed by atoms with Gasteiger partial charge in [-0.3, -0.25) is 0 Å². The van der Waals surface area contributed by atoms with E-state index in [9.17, 15) is 13.2 Å². The Balaban J connectivity index is 3.06. The minimum atomic E-state index is -3.78. The lowest BCUT2D eigenvalue weighted by atomic mass is 10.3. The summed E-state index contributed by atoms with van der Waals surface area (Å²) in [5.41, 5.74) is -0.0537. The first-order chi connectivity index (χ1) is 9.31. The summed E-state index contributed by atoms with van der Waals surface area (Å²) in [5, 5.41) is 17.8. The van der Waals surface area contributed by atoms with Gasteiger partial charge in [0.05, 0.1) is 0 Å². The third kappa shape index (κ3) is 4.06. The minimum absolute atomic E-state index is 0.0537. The number of nitrogens with one attached hydrogen (secondary N) is 1. The van der Waals surface area contributed by atoms with E-state index < -0.39 is 22.0 Å². The third-order valence-electron chi connectivity index (χ3n) is 2.78. The van der Waals surface area contributed by atoms with Gasteiger partial charge in [-0.25, -0.2) is 17.9 Å². The maximum atomic E-state index is 12.1. The Morgan fingerprint density at radius 3 is 2.65 bits per heavy atom. The van der Waals surface area contributed by atoms with E-state index in [1.54, 1.807) is 6.92 Å². The summed E-state index contributed by atoms with van der Waals surface area (Å²) in [4.78, 5) is 11.0. The zero-order valence-electron chi connectivity index (χ0n) is 11.5. The Hall–Kier alpha value is -1.38. The van der Waals surface area contributed by atoms with Crippen molar-refractivity contribution in [1.29, 1.82) is 0 Å². The number of rotatable bonds is 8. The summed E-state index contributed by atoms with van der Waals surface area (Å²) in [6, 6.07) is 0.722. The Morgan fingerprint density at radius 2 is 2.15 bits per heavy atom. The number of aliphatic hydroxyl groups is 1. The molecule has 0 saturated heterocycles. The van der Waals surface area contributed by atoms with Crippen LogP contribution in [0.4, 0.5) is 0 Å². The molecule has 0 aromatic carbocycles. The predicted octanol–water partition coefficient (Wildman–Crippen LogP) is 0.645. The number of carboxylic acid groups (broad SMARTS) is 1. The van der Waals surface area contributed by atoms with Crippen molar-refractivity contribution in [2.75, 3.05) is 6.61 Å². The highest BCUT2D eigenvalue weighted by Gasteiger charge is 2.22. The molecule has 1 rings (SSSR count). The molecular formula is C12H20N2O5S. The van der Waals surface area contributed by atoms with Crippen molar-refractivity contribution in [2.24, 2.45) is 0 Å². The van der Waals surface area contributed by atoms with Crippen LogP contribution in [0, 0.1) is 0 Å². The van der Waals surface area contributed by atoms with Crippen molar-refractivity contribution in [3.05, 3.63) is 18.0 Å². The van der Waals surface area contributed by atoms with Gasteiger partial charge in [-0.2, -0.15) is 0 Å². The van der Waals surface area contributed by atoms with Crippen molar-refractivity contribution >= 4 is 16.0 Å². The predicted molar refractivity (Wildman–Crippen MR) is 73.2 cm³/mol. The molecule has 1 heterocycles. The molecule has 0 bridgehead atoms. The van der Waals surface area contributed by atoms with Crippen LogP contribution in [0.25, 0.3) is 0 Å². The number of hydrogen-bond acceptors (Lipinski definition) is 4. The molecule has 1 atom stereocenters. The average Bonchev–Trinajstić information content (AvgIpc) is 2.74. The van der Waals surface area contributed by atoms with Crippen LogP contribution in [-0.2, 0) is 16.6 Å². The first-order valence-electron chi connectivity index (χ1n) is 6.38. The van der Waals surface area contributed by atoms with Gasteiger partial charge in [0.25, 0.3) is 0 Å². The fraction of sp³-hybridized carbons (Fsp3) is 0.583. The largest absolute Gasteiger partial charge is 0.477 e. The van der Waals surface area contributed by atoms with Gasteiger partial charge < -0.3 is 14.8 Å². The first kappa shape index (κ1) is 16.7. The molecule has 0 aliphatic rings.